The maximum Gasteiger partial charge on any atom is 0.243 e. The van der Waals surface area contributed by atoms with Crippen LogP contribution in [0.2, 0.25) is 5.02 Å². The number of likely N-dealkylation sites (N-methyl/N-ethyl adjacent to an activating group) is 1. The molecule has 0 saturated heterocycles. The molecule has 0 atom stereocenters. The van der Waals surface area contributed by atoms with Crippen molar-refractivity contribution in [2.45, 2.75) is 11.8 Å². The molecule has 1 N–H and O–H groups in total. The predicted molar refractivity (Wildman–Crippen MR) is 90.9 cm³/mol. The fraction of sp³-hybridized carbons (Fsp3) is 0.188. The first kappa shape index (κ1) is 19.3. The van der Waals surface area contributed by atoms with E-state index >= 15 is 0 Å². The number of amides is 1. The fourth-order valence-corrected chi connectivity index (χ4v) is 3.61. The number of sulfonamides is 1. The van der Waals surface area contributed by atoms with Crippen LogP contribution in [0.25, 0.3) is 0 Å². The van der Waals surface area contributed by atoms with Gasteiger partial charge in [0.15, 0.2) is 0 Å². The van der Waals surface area contributed by atoms with E-state index in [1.165, 1.54) is 24.3 Å². The van der Waals surface area contributed by atoms with Crippen LogP contribution in [0.1, 0.15) is 6.92 Å². The van der Waals surface area contributed by atoms with E-state index in [9.17, 15) is 22.0 Å². The first-order chi connectivity index (χ1) is 11.8. The summed E-state index contributed by atoms with van der Waals surface area (Å²) in [4.78, 5) is 12.0. The van der Waals surface area contributed by atoms with Crippen LogP contribution in [0.3, 0.4) is 0 Å². The number of carbonyl (C=O) groups excluding carboxylic acids is 1. The van der Waals surface area contributed by atoms with Crippen molar-refractivity contribution >= 4 is 33.2 Å². The zero-order chi connectivity index (χ0) is 18.6. The van der Waals surface area contributed by atoms with Gasteiger partial charge in [0.05, 0.1) is 11.4 Å². The molecule has 0 aromatic heterocycles. The Morgan fingerprint density at radius 2 is 1.68 bits per heavy atom. The maximum atomic E-state index is 13.6. The monoisotopic (exact) mass is 388 g/mol. The number of anilines is 1. The molecule has 0 bridgehead atoms. The normalized spacial score (nSPS) is 11.6. The third-order valence-electron chi connectivity index (χ3n) is 3.35. The van der Waals surface area contributed by atoms with Crippen molar-refractivity contribution in [2.75, 3.05) is 18.4 Å². The highest BCUT2D eigenvalue weighted by Crippen LogP contribution is 2.20. The van der Waals surface area contributed by atoms with Crippen molar-refractivity contribution < 1.29 is 22.0 Å². The number of nitrogens with zero attached hydrogens (tertiary/aromatic N) is 1. The molecule has 2 rings (SSSR count). The second kappa shape index (κ2) is 7.90. The Balaban J connectivity index is 2.18. The number of hydrogen-bond acceptors (Lipinski definition) is 3. The molecule has 5 nitrogen and oxygen atoms in total. The van der Waals surface area contributed by atoms with E-state index in [1.807, 2.05) is 0 Å². The average Bonchev–Trinajstić information content (AvgIpc) is 2.56. The van der Waals surface area contributed by atoms with Gasteiger partial charge in [0.25, 0.3) is 0 Å². The van der Waals surface area contributed by atoms with Gasteiger partial charge in [0.1, 0.15) is 17.3 Å². The molecule has 1 amide bonds. The number of rotatable bonds is 6. The van der Waals surface area contributed by atoms with Gasteiger partial charge in [-0.1, -0.05) is 24.6 Å². The molecule has 0 unspecified atom stereocenters. The summed E-state index contributed by atoms with van der Waals surface area (Å²) in [6.45, 7) is 0.956. The number of carbonyl (C=O) groups is 1. The van der Waals surface area contributed by atoms with Crippen LogP contribution in [0.15, 0.2) is 47.4 Å². The number of nitrogens with one attached hydrogen (secondary N) is 1. The lowest BCUT2D eigenvalue weighted by Crippen LogP contribution is -2.38. The highest BCUT2D eigenvalue weighted by atomic mass is 35.5. The van der Waals surface area contributed by atoms with Crippen LogP contribution in [-0.2, 0) is 14.8 Å². The van der Waals surface area contributed by atoms with Crippen LogP contribution in [0, 0.1) is 11.6 Å². The van der Waals surface area contributed by atoms with Crippen LogP contribution >= 0.6 is 11.6 Å². The molecule has 0 aliphatic heterocycles. The molecular formula is C16H15ClF2N2O3S. The van der Waals surface area contributed by atoms with Crippen molar-refractivity contribution in [3.05, 3.63) is 59.1 Å². The predicted octanol–water partition coefficient (Wildman–Crippen LogP) is 3.27. The van der Waals surface area contributed by atoms with Gasteiger partial charge in [0.2, 0.25) is 15.9 Å². The average molecular weight is 389 g/mol. The molecule has 25 heavy (non-hydrogen) atoms. The molecule has 9 heteroatoms. The second-order valence-electron chi connectivity index (χ2n) is 5.03. The Morgan fingerprint density at radius 1 is 1.12 bits per heavy atom. The minimum Gasteiger partial charge on any atom is -0.320 e. The Kier molecular flexibility index (Phi) is 6.10. The minimum absolute atomic E-state index is 0.00185. The van der Waals surface area contributed by atoms with Crippen molar-refractivity contribution in [3.8, 4) is 0 Å². The van der Waals surface area contributed by atoms with E-state index < -0.39 is 39.8 Å². The summed E-state index contributed by atoms with van der Waals surface area (Å²) in [6, 6.07) is 8.59. The van der Waals surface area contributed by atoms with E-state index in [0.29, 0.717) is 5.02 Å². The summed E-state index contributed by atoms with van der Waals surface area (Å²) in [6.07, 6.45) is 0. The third kappa shape index (κ3) is 4.53. The number of para-hydroxylation sites is 1. The van der Waals surface area contributed by atoms with Crippen LogP contribution in [0.5, 0.6) is 0 Å². The fourth-order valence-electron chi connectivity index (χ4n) is 2.08. The van der Waals surface area contributed by atoms with Gasteiger partial charge in [-0.05, 0) is 36.4 Å². The maximum absolute atomic E-state index is 13.6. The van der Waals surface area contributed by atoms with E-state index in [1.54, 1.807) is 6.92 Å². The quantitative estimate of drug-likeness (QED) is 0.825. The summed E-state index contributed by atoms with van der Waals surface area (Å²) in [7, 11) is -3.95. The van der Waals surface area contributed by atoms with Gasteiger partial charge in [-0.2, -0.15) is 4.31 Å². The zero-order valence-electron chi connectivity index (χ0n) is 13.2. The molecule has 0 aliphatic rings. The van der Waals surface area contributed by atoms with Gasteiger partial charge < -0.3 is 5.32 Å². The van der Waals surface area contributed by atoms with Crippen molar-refractivity contribution in [1.82, 2.24) is 4.31 Å². The molecule has 0 radical (unpaired) electrons. The van der Waals surface area contributed by atoms with E-state index in [2.05, 4.69) is 5.32 Å². The SMILES string of the molecule is CCN(CC(=O)Nc1c(F)cccc1F)S(=O)(=O)c1ccc(Cl)cc1. The lowest BCUT2D eigenvalue weighted by atomic mass is 10.3. The summed E-state index contributed by atoms with van der Waals surface area (Å²) < 4.78 is 53.1. The van der Waals surface area contributed by atoms with E-state index in [4.69, 9.17) is 11.6 Å². The molecule has 0 fully saturated rings. The number of benzene rings is 2. The molecule has 0 heterocycles. The van der Waals surface area contributed by atoms with Crippen LogP contribution in [-0.4, -0.2) is 31.7 Å². The molecule has 2 aromatic rings. The molecule has 0 spiro atoms. The summed E-state index contributed by atoms with van der Waals surface area (Å²) >= 11 is 5.74. The highest BCUT2D eigenvalue weighted by molar-refractivity contribution is 7.89. The van der Waals surface area contributed by atoms with Crippen LogP contribution in [0.4, 0.5) is 14.5 Å². The lowest BCUT2D eigenvalue weighted by molar-refractivity contribution is -0.116. The first-order valence-electron chi connectivity index (χ1n) is 7.25. The first-order valence-corrected chi connectivity index (χ1v) is 9.07. The lowest BCUT2D eigenvalue weighted by Gasteiger charge is -2.20. The molecule has 0 saturated carbocycles. The standard InChI is InChI=1S/C16H15ClF2N2O3S/c1-2-21(25(23,24)12-8-6-11(17)7-9-12)10-15(22)20-16-13(18)4-3-5-14(16)19/h3-9H,2,10H2,1H3,(H,20,22). The Bertz CT molecular complexity index is 853. The van der Waals surface area contributed by atoms with Gasteiger partial charge in [-0.25, -0.2) is 17.2 Å². The molecular weight excluding hydrogens is 374 g/mol. The second-order valence-corrected chi connectivity index (χ2v) is 7.40. The molecule has 0 aliphatic carbocycles. The zero-order valence-corrected chi connectivity index (χ0v) is 14.7. The largest absolute Gasteiger partial charge is 0.320 e. The van der Waals surface area contributed by atoms with Gasteiger partial charge in [0, 0.05) is 11.6 Å². The summed E-state index contributed by atoms with van der Waals surface area (Å²) in [5, 5.41) is 2.43. The number of halogens is 3. The van der Waals surface area contributed by atoms with Gasteiger partial charge in [-0.15, -0.1) is 0 Å². The number of hydrogen-bond donors (Lipinski definition) is 1. The van der Waals surface area contributed by atoms with Gasteiger partial charge >= 0.3 is 0 Å². The summed E-state index contributed by atoms with van der Waals surface area (Å²) in [5.74, 6) is -2.75. The van der Waals surface area contributed by atoms with E-state index in [-0.39, 0.29) is 11.4 Å². The molecule has 134 valence electrons. The molecule has 2 aromatic carbocycles. The van der Waals surface area contributed by atoms with Crippen molar-refractivity contribution in [1.29, 1.82) is 0 Å². The highest BCUT2D eigenvalue weighted by Gasteiger charge is 2.26. The van der Waals surface area contributed by atoms with Crippen molar-refractivity contribution in [3.63, 3.8) is 0 Å². The third-order valence-corrected chi connectivity index (χ3v) is 5.54. The van der Waals surface area contributed by atoms with E-state index in [0.717, 1.165) is 22.5 Å². The minimum atomic E-state index is -3.95. The van der Waals surface area contributed by atoms with Crippen molar-refractivity contribution in [2.24, 2.45) is 0 Å². The smallest absolute Gasteiger partial charge is 0.243 e. The Morgan fingerprint density at radius 3 is 2.20 bits per heavy atom. The van der Waals surface area contributed by atoms with Crippen LogP contribution < -0.4 is 5.32 Å². The summed E-state index contributed by atoms with van der Waals surface area (Å²) in [5.41, 5.74) is -0.618. The Hall–Kier alpha value is -2.03. The Labute approximate surface area is 149 Å². The van der Waals surface area contributed by atoms with Gasteiger partial charge in [-0.3, -0.25) is 4.79 Å². The topological polar surface area (TPSA) is 66.5 Å².